The molecule has 3 aromatic heterocycles. The van der Waals surface area contributed by atoms with Crippen LogP contribution < -0.4 is 0 Å². The van der Waals surface area contributed by atoms with Crippen LogP contribution in [-0.4, -0.2) is 29.1 Å². The predicted octanol–water partition coefficient (Wildman–Crippen LogP) is 3.10. The van der Waals surface area contributed by atoms with Crippen molar-refractivity contribution in [3.8, 4) is 0 Å². The second-order valence-electron chi connectivity index (χ2n) is 5.92. The van der Waals surface area contributed by atoms with Crippen molar-refractivity contribution in [2.45, 2.75) is 25.2 Å². The van der Waals surface area contributed by atoms with Crippen LogP contribution in [0.1, 0.15) is 36.4 Å². The maximum absolute atomic E-state index is 12.8. The van der Waals surface area contributed by atoms with E-state index in [1.807, 2.05) is 0 Å². The number of ether oxygens (including phenoxy) is 1. The molecule has 0 N–H and O–H groups in total. The lowest BCUT2D eigenvalue weighted by atomic mass is 9.94. The third-order valence-electron chi connectivity index (χ3n) is 4.16. The van der Waals surface area contributed by atoms with Crippen LogP contribution in [0.3, 0.4) is 0 Å². The van der Waals surface area contributed by atoms with Crippen LogP contribution in [0.25, 0.3) is 0 Å². The van der Waals surface area contributed by atoms with Gasteiger partial charge in [0.1, 0.15) is 23.3 Å². The first kappa shape index (κ1) is 16.9. The lowest BCUT2D eigenvalue weighted by Crippen LogP contribution is -2.60. The van der Waals surface area contributed by atoms with Crippen LogP contribution in [0, 0.1) is 0 Å². The molecule has 0 aliphatic carbocycles. The van der Waals surface area contributed by atoms with E-state index in [-0.39, 0.29) is 5.91 Å². The molecule has 8 heteroatoms. The zero-order valence-corrected chi connectivity index (χ0v) is 14.3. The standard InChI is InChI=1S/C19H16N2O6/c1-12(22)27-17-16(14-6-3-9-25-14)21(19(17)23)18(15-7-4-10-26-15)20-11-13-5-2-8-24-13/h2-11,16-18H,1H3/t16-,17+,18?/m1/s1. The molecule has 0 bridgehead atoms. The minimum absolute atomic E-state index is 0.385. The second-order valence-corrected chi connectivity index (χ2v) is 5.92. The number of esters is 1. The number of amides is 1. The number of hydrogen-bond donors (Lipinski definition) is 0. The Morgan fingerprint density at radius 3 is 2.52 bits per heavy atom. The summed E-state index contributed by atoms with van der Waals surface area (Å²) >= 11 is 0. The van der Waals surface area contributed by atoms with Crippen LogP contribution in [0.4, 0.5) is 0 Å². The molecular formula is C19H16N2O6. The lowest BCUT2D eigenvalue weighted by molar-refractivity contribution is -0.189. The van der Waals surface area contributed by atoms with Gasteiger partial charge in [-0.1, -0.05) is 0 Å². The minimum Gasteiger partial charge on any atom is -0.467 e. The summed E-state index contributed by atoms with van der Waals surface area (Å²) in [7, 11) is 0. The van der Waals surface area contributed by atoms with E-state index in [4.69, 9.17) is 18.0 Å². The van der Waals surface area contributed by atoms with Crippen molar-refractivity contribution in [1.82, 2.24) is 4.90 Å². The Balaban J connectivity index is 1.69. The van der Waals surface area contributed by atoms with E-state index in [0.717, 1.165) is 0 Å². The van der Waals surface area contributed by atoms with Gasteiger partial charge in [-0.2, -0.15) is 0 Å². The lowest BCUT2D eigenvalue weighted by Gasteiger charge is -2.46. The number of rotatable bonds is 6. The first-order valence-electron chi connectivity index (χ1n) is 8.28. The number of hydrogen-bond acceptors (Lipinski definition) is 7. The first-order chi connectivity index (χ1) is 13.1. The van der Waals surface area contributed by atoms with E-state index < -0.39 is 24.3 Å². The van der Waals surface area contributed by atoms with Crippen LogP contribution in [0.5, 0.6) is 0 Å². The summed E-state index contributed by atoms with van der Waals surface area (Å²) in [4.78, 5) is 30.1. The number of nitrogens with zero attached hydrogens (tertiary/aromatic N) is 2. The largest absolute Gasteiger partial charge is 0.467 e. The summed E-state index contributed by atoms with van der Waals surface area (Å²) in [5, 5.41) is 0. The molecule has 138 valence electrons. The van der Waals surface area contributed by atoms with Crippen LogP contribution in [0.2, 0.25) is 0 Å². The van der Waals surface area contributed by atoms with Crippen LogP contribution >= 0.6 is 0 Å². The van der Waals surface area contributed by atoms with E-state index in [1.165, 1.54) is 36.8 Å². The molecular weight excluding hydrogens is 352 g/mol. The summed E-state index contributed by atoms with van der Waals surface area (Å²) in [5.41, 5.74) is 0. The van der Waals surface area contributed by atoms with E-state index in [9.17, 15) is 9.59 Å². The van der Waals surface area contributed by atoms with E-state index in [2.05, 4.69) is 4.99 Å². The van der Waals surface area contributed by atoms with Gasteiger partial charge in [0.05, 0.1) is 25.0 Å². The molecule has 1 amide bonds. The summed E-state index contributed by atoms with van der Waals surface area (Å²) in [6, 6.07) is 9.72. The van der Waals surface area contributed by atoms with Gasteiger partial charge in [0.2, 0.25) is 6.10 Å². The minimum atomic E-state index is -0.968. The topological polar surface area (TPSA) is 98.4 Å². The van der Waals surface area contributed by atoms with Crippen LogP contribution in [0.15, 0.2) is 73.4 Å². The van der Waals surface area contributed by atoms with Gasteiger partial charge in [0, 0.05) is 6.92 Å². The van der Waals surface area contributed by atoms with Crippen molar-refractivity contribution < 1.29 is 27.6 Å². The molecule has 4 heterocycles. The Hall–Kier alpha value is -3.55. The zero-order valence-electron chi connectivity index (χ0n) is 14.3. The van der Waals surface area contributed by atoms with Gasteiger partial charge in [0.25, 0.3) is 5.91 Å². The van der Waals surface area contributed by atoms with Gasteiger partial charge in [0.15, 0.2) is 6.17 Å². The third-order valence-corrected chi connectivity index (χ3v) is 4.16. The molecule has 27 heavy (non-hydrogen) atoms. The molecule has 0 aromatic carbocycles. The molecule has 3 aromatic rings. The Morgan fingerprint density at radius 1 is 1.15 bits per heavy atom. The van der Waals surface area contributed by atoms with Crippen molar-refractivity contribution in [2.24, 2.45) is 4.99 Å². The fourth-order valence-corrected chi connectivity index (χ4v) is 3.02. The maximum Gasteiger partial charge on any atom is 0.303 e. The highest BCUT2D eigenvalue weighted by atomic mass is 16.6. The highest BCUT2D eigenvalue weighted by Crippen LogP contribution is 2.44. The first-order valence-corrected chi connectivity index (χ1v) is 8.28. The number of furan rings is 3. The summed E-state index contributed by atoms with van der Waals surface area (Å²) < 4.78 is 21.4. The number of likely N-dealkylation sites (tertiary alicyclic amines) is 1. The normalized spacial score (nSPS) is 20.6. The van der Waals surface area contributed by atoms with Crippen molar-refractivity contribution in [1.29, 1.82) is 0 Å². The average molecular weight is 368 g/mol. The Kier molecular flexibility index (Phi) is 4.37. The van der Waals surface area contributed by atoms with E-state index in [1.54, 1.807) is 36.4 Å². The third kappa shape index (κ3) is 3.17. The average Bonchev–Trinajstić information content (AvgIpc) is 3.42. The molecule has 0 radical (unpaired) electrons. The molecule has 1 fully saturated rings. The molecule has 3 atom stereocenters. The van der Waals surface area contributed by atoms with Crippen molar-refractivity contribution >= 4 is 18.1 Å². The predicted molar refractivity (Wildman–Crippen MR) is 91.6 cm³/mol. The van der Waals surface area contributed by atoms with Crippen molar-refractivity contribution in [2.75, 3.05) is 0 Å². The van der Waals surface area contributed by atoms with Crippen LogP contribution in [-0.2, 0) is 14.3 Å². The van der Waals surface area contributed by atoms with Gasteiger partial charge >= 0.3 is 5.97 Å². The molecule has 1 unspecified atom stereocenters. The number of carbonyl (C=O) groups excluding carboxylic acids is 2. The summed E-state index contributed by atoms with van der Waals surface area (Å²) in [6.07, 6.45) is 4.30. The molecule has 1 saturated heterocycles. The van der Waals surface area contributed by atoms with Gasteiger partial charge < -0.3 is 18.0 Å². The SMILES string of the molecule is CC(=O)O[C@@H]1C(=O)N(C(N=Cc2ccco2)c2ccco2)[C@@H]1c1ccco1. The molecule has 1 aliphatic heterocycles. The van der Waals surface area contributed by atoms with Crippen molar-refractivity contribution in [3.63, 3.8) is 0 Å². The van der Waals surface area contributed by atoms with E-state index >= 15 is 0 Å². The number of β-lactam (4-membered cyclic amide) rings is 1. The number of carbonyl (C=O) groups is 2. The monoisotopic (exact) mass is 368 g/mol. The summed E-state index contributed by atoms with van der Waals surface area (Å²) in [6.45, 7) is 1.26. The van der Waals surface area contributed by atoms with Gasteiger partial charge in [-0.3, -0.25) is 19.5 Å². The van der Waals surface area contributed by atoms with E-state index in [0.29, 0.717) is 17.3 Å². The molecule has 8 nitrogen and oxygen atoms in total. The van der Waals surface area contributed by atoms with Gasteiger partial charge in [-0.15, -0.1) is 0 Å². The zero-order chi connectivity index (χ0) is 18.8. The Labute approximate surface area is 154 Å². The van der Waals surface area contributed by atoms with Crippen molar-refractivity contribution in [3.05, 3.63) is 72.5 Å². The Morgan fingerprint density at radius 2 is 1.89 bits per heavy atom. The summed E-state index contributed by atoms with van der Waals surface area (Å²) in [5.74, 6) is 0.558. The smallest absolute Gasteiger partial charge is 0.303 e. The molecule has 0 saturated carbocycles. The highest BCUT2D eigenvalue weighted by Gasteiger charge is 2.55. The fraction of sp³-hybridized carbons (Fsp3) is 0.211. The fourth-order valence-electron chi connectivity index (χ4n) is 3.02. The Bertz CT molecular complexity index is 927. The molecule has 4 rings (SSSR count). The second kappa shape index (κ2) is 6.99. The molecule has 0 spiro atoms. The highest BCUT2D eigenvalue weighted by molar-refractivity contribution is 5.91. The maximum atomic E-state index is 12.8. The molecule has 1 aliphatic rings. The number of aliphatic imine (C=N–C) groups is 1. The van der Waals surface area contributed by atoms with Gasteiger partial charge in [-0.25, -0.2) is 0 Å². The quantitative estimate of drug-likeness (QED) is 0.377. The van der Waals surface area contributed by atoms with Gasteiger partial charge in [-0.05, 0) is 36.4 Å².